The molecule has 1 atom stereocenters. The van der Waals surface area contributed by atoms with Gasteiger partial charge in [0.15, 0.2) is 6.10 Å². The third-order valence-electron chi connectivity index (χ3n) is 3.40. The van der Waals surface area contributed by atoms with Crippen molar-refractivity contribution in [1.29, 1.82) is 0 Å². The van der Waals surface area contributed by atoms with E-state index in [1.807, 2.05) is 24.0 Å². The largest absolute Gasteiger partial charge is 0.479 e. The summed E-state index contributed by atoms with van der Waals surface area (Å²) < 4.78 is 5.81. The molecule has 1 N–H and O–H groups in total. The van der Waals surface area contributed by atoms with Gasteiger partial charge in [0.25, 0.3) is 5.91 Å². The molecular formula is C15H22Cl2N2O2. The van der Waals surface area contributed by atoms with E-state index in [0.29, 0.717) is 17.2 Å². The minimum absolute atomic E-state index is 0. The first kappa shape index (κ1) is 18.1. The van der Waals surface area contributed by atoms with Gasteiger partial charge in [-0.25, -0.2) is 0 Å². The highest BCUT2D eigenvalue weighted by Gasteiger charge is 2.25. The smallest absolute Gasteiger partial charge is 0.263 e. The van der Waals surface area contributed by atoms with Crippen LogP contribution in [0.15, 0.2) is 24.3 Å². The zero-order valence-electron chi connectivity index (χ0n) is 12.2. The van der Waals surface area contributed by atoms with E-state index in [9.17, 15) is 4.79 Å². The van der Waals surface area contributed by atoms with Crippen LogP contribution in [0.3, 0.4) is 0 Å². The van der Waals surface area contributed by atoms with Crippen molar-refractivity contribution in [3.63, 3.8) is 0 Å². The maximum atomic E-state index is 12.5. The Hall–Kier alpha value is -0.970. The SMILES string of the molecule is CCC(Oc1ccccc1Cl)C(=O)N1CCCNCC1.Cl. The predicted octanol–water partition coefficient (Wildman–Crippen LogP) is 2.74. The van der Waals surface area contributed by atoms with Crippen molar-refractivity contribution in [2.75, 3.05) is 26.2 Å². The predicted molar refractivity (Wildman–Crippen MR) is 87.5 cm³/mol. The number of benzene rings is 1. The number of nitrogens with zero attached hydrogens (tertiary/aromatic N) is 1. The fourth-order valence-electron chi connectivity index (χ4n) is 2.27. The second-order valence-corrected chi connectivity index (χ2v) is 5.28. The molecule has 1 aromatic carbocycles. The number of hydrogen-bond acceptors (Lipinski definition) is 3. The average molecular weight is 333 g/mol. The summed E-state index contributed by atoms with van der Waals surface area (Å²) in [6.07, 6.45) is 1.15. The van der Waals surface area contributed by atoms with Gasteiger partial charge < -0.3 is 15.0 Å². The first-order chi connectivity index (χ1) is 9.72. The lowest BCUT2D eigenvalue weighted by molar-refractivity contribution is -0.138. The molecule has 1 aromatic rings. The van der Waals surface area contributed by atoms with E-state index in [-0.39, 0.29) is 18.3 Å². The summed E-state index contributed by atoms with van der Waals surface area (Å²) in [5.74, 6) is 0.624. The number of carbonyl (C=O) groups is 1. The zero-order chi connectivity index (χ0) is 14.4. The molecule has 6 heteroatoms. The zero-order valence-corrected chi connectivity index (χ0v) is 13.8. The molecule has 0 radical (unpaired) electrons. The highest BCUT2D eigenvalue weighted by atomic mass is 35.5. The van der Waals surface area contributed by atoms with Crippen molar-refractivity contribution < 1.29 is 9.53 Å². The van der Waals surface area contributed by atoms with Crippen LogP contribution in [-0.2, 0) is 4.79 Å². The first-order valence-electron chi connectivity index (χ1n) is 7.13. The van der Waals surface area contributed by atoms with Crippen LogP contribution in [-0.4, -0.2) is 43.1 Å². The molecule has 2 rings (SSSR count). The lowest BCUT2D eigenvalue weighted by Crippen LogP contribution is -2.43. The van der Waals surface area contributed by atoms with Gasteiger partial charge in [-0.15, -0.1) is 12.4 Å². The van der Waals surface area contributed by atoms with Crippen LogP contribution in [0.2, 0.25) is 5.02 Å². The third kappa shape index (κ3) is 5.06. The molecule has 0 aromatic heterocycles. The van der Waals surface area contributed by atoms with Gasteiger partial charge in [-0.1, -0.05) is 30.7 Å². The molecule has 0 saturated carbocycles. The van der Waals surface area contributed by atoms with Crippen molar-refractivity contribution in [1.82, 2.24) is 10.2 Å². The quantitative estimate of drug-likeness (QED) is 0.921. The Balaban J connectivity index is 0.00000220. The molecule has 1 saturated heterocycles. The molecule has 4 nitrogen and oxygen atoms in total. The van der Waals surface area contributed by atoms with Gasteiger partial charge in [0.1, 0.15) is 5.75 Å². The van der Waals surface area contributed by atoms with Crippen molar-refractivity contribution in [2.24, 2.45) is 0 Å². The molecule has 1 amide bonds. The molecule has 0 bridgehead atoms. The lowest BCUT2D eigenvalue weighted by Gasteiger charge is -2.26. The normalized spacial score (nSPS) is 16.6. The maximum Gasteiger partial charge on any atom is 0.263 e. The molecule has 1 unspecified atom stereocenters. The Morgan fingerprint density at radius 3 is 2.86 bits per heavy atom. The molecule has 21 heavy (non-hydrogen) atoms. The van der Waals surface area contributed by atoms with Gasteiger partial charge in [-0.3, -0.25) is 4.79 Å². The van der Waals surface area contributed by atoms with Crippen molar-refractivity contribution >= 4 is 29.9 Å². The highest BCUT2D eigenvalue weighted by Crippen LogP contribution is 2.25. The van der Waals surface area contributed by atoms with Gasteiger partial charge >= 0.3 is 0 Å². The number of ether oxygens (including phenoxy) is 1. The number of rotatable bonds is 4. The number of hydrogen-bond donors (Lipinski definition) is 1. The minimum Gasteiger partial charge on any atom is -0.479 e. The number of nitrogens with one attached hydrogen (secondary N) is 1. The number of halogens is 2. The highest BCUT2D eigenvalue weighted by molar-refractivity contribution is 6.32. The molecular weight excluding hydrogens is 311 g/mol. The minimum atomic E-state index is -0.465. The summed E-state index contributed by atoms with van der Waals surface area (Å²) in [6, 6.07) is 7.26. The average Bonchev–Trinajstić information content (AvgIpc) is 2.75. The Morgan fingerprint density at radius 1 is 1.38 bits per heavy atom. The Kier molecular flexibility index (Phi) is 7.86. The third-order valence-corrected chi connectivity index (χ3v) is 3.72. The number of amides is 1. The fourth-order valence-corrected chi connectivity index (χ4v) is 2.45. The molecule has 118 valence electrons. The van der Waals surface area contributed by atoms with Gasteiger partial charge in [0, 0.05) is 19.6 Å². The summed E-state index contributed by atoms with van der Waals surface area (Å²) in [5.41, 5.74) is 0. The van der Waals surface area contributed by atoms with Crippen LogP contribution >= 0.6 is 24.0 Å². The van der Waals surface area contributed by atoms with Gasteiger partial charge in [0.05, 0.1) is 5.02 Å². The summed E-state index contributed by atoms with van der Waals surface area (Å²) in [4.78, 5) is 14.4. The van der Waals surface area contributed by atoms with Crippen LogP contribution in [0.4, 0.5) is 0 Å². The second-order valence-electron chi connectivity index (χ2n) is 4.87. The Labute approximate surface area is 137 Å². The number of para-hydroxylation sites is 1. The van der Waals surface area contributed by atoms with Crippen molar-refractivity contribution in [2.45, 2.75) is 25.9 Å². The van der Waals surface area contributed by atoms with E-state index in [4.69, 9.17) is 16.3 Å². The second kappa shape index (κ2) is 9.13. The first-order valence-corrected chi connectivity index (χ1v) is 7.51. The van der Waals surface area contributed by atoms with E-state index < -0.39 is 6.10 Å². The van der Waals surface area contributed by atoms with E-state index in [0.717, 1.165) is 32.6 Å². The lowest BCUT2D eigenvalue weighted by atomic mass is 10.2. The topological polar surface area (TPSA) is 41.6 Å². The standard InChI is InChI=1S/C15H21ClN2O2.ClH/c1-2-13(20-14-7-4-3-6-12(14)16)15(19)18-10-5-8-17-9-11-18;/h3-4,6-7,13,17H,2,5,8-11H2,1H3;1H. The van der Waals surface area contributed by atoms with Gasteiger partial charge in [0.2, 0.25) is 0 Å². The van der Waals surface area contributed by atoms with Crippen LogP contribution in [0, 0.1) is 0 Å². The molecule has 0 aliphatic carbocycles. The maximum absolute atomic E-state index is 12.5. The van der Waals surface area contributed by atoms with Crippen molar-refractivity contribution in [3.8, 4) is 5.75 Å². The Bertz CT molecular complexity index is 449. The van der Waals surface area contributed by atoms with Crippen LogP contribution in [0.25, 0.3) is 0 Å². The van der Waals surface area contributed by atoms with E-state index in [1.165, 1.54) is 0 Å². The summed E-state index contributed by atoms with van der Waals surface area (Å²) >= 11 is 6.08. The summed E-state index contributed by atoms with van der Waals surface area (Å²) in [7, 11) is 0. The molecule has 0 spiro atoms. The number of carbonyl (C=O) groups excluding carboxylic acids is 1. The summed E-state index contributed by atoms with van der Waals surface area (Å²) in [6.45, 7) is 5.28. The van der Waals surface area contributed by atoms with E-state index >= 15 is 0 Å². The van der Waals surface area contributed by atoms with E-state index in [1.54, 1.807) is 12.1 Å². The Morgan fingerprint density at radius 2 is 2.14 bits per heavy atom. The van der Waals surface area contributed by atoms with Crippen LogP contribution in [0.5, 0.6) is 5.75 Å². The van der Waals surface area contributed by atoms with Gasteiger partial charge in [-0.05, 0) is 31.5 Å². The monoisotopic (exact) mass is 332 g/mol. The molecule has 1 aliphatic rings. The fraction of sp³-hybridized carbons (Fsp3) is 0.533. The molecule has 1 aliphatic heterocycles. The van der Waals surface area contributed by atoms with Crippen molar-refractivity contribution in [3.05, 3.63) is 29.3 Å². The summed E-state index contributed by atoms with van der Waals surface area (Å²) in [5, 5.41) is 3.83. The van der Waals surface area contributed by atoms with Gasteiger partial charge in [-0.2, -0.15) is 0 Å². The molecule has 1 fully saturated rings. The van der Waals surface area contributed by atoms with Crippen LogP contribution in [0.1, 0.15) is 19.8 Å². The molecule has 1 heterocycles. The van der Waals surface area contributed by atoms with E-state index in [2.05, 4.69) is 5.32 Å². The van der Waals surface area contributed by atoms with Crippen LogP contribution < -0.4 is 10.1 Å².